The zero-order valence-electron chi connectivity index (χ0n) is 35.6. The smallest absolute Gasteiger partial charge is 0.136 e. The second-order valence-electron chi connectivity index (χ2n) is 16.5. The molecule has 0 aliphatic heterocycles. The summed E-state index contributed by atoms with van der Waals surface area (Å²) in [6, 6.07) is 52.8. The zero-order chi connectivity index (χ0) is 41.0. The molecule has 7 rings (SSSR count). The Balaban J connectivity index is 0.00000585. The molecule has 0 fully saturated rings. The van der Waals surface area contributed by atoms with Gasteiger partial charge >= 0.3 is 0 Å². The quantitative estimate of drug-likeness (QED) is 0.117. The first-order valence-corrected chi connectivity index (χ1v) is 20.9. The van der Waals surface area contributed by atoms with Crippen LogP contribution < -0.4 is 4.90 Å². The molecular weight excluding hydrogens is 902 g/mol. The fourth-order valence-electron chi connectivity index (χ4n) is 8.00. The van der Waals surface area contributed by atoms with Crippen LogP contribution in [0.4, 0.5) is 17.2 Å². The summed E-state index contributed by atoms with van der Waals surface area (Å²) in [5.41, 5.74) is 13.5. The molecule has 304 valence electrons. The van der Waals surface area contributed by atoms with Gasteiger partial charge in [0, 0.05) is 38.7 Å². The van der Waals surface area contributed by atoms with Gasteiger partial charge in [-0.1, -0.05) is 158 Å². The average molecular weight is 958 g/mol. The summed E-state index contributed by atoms with van der Waals surface area (Å²) < 4.78 is 0. The average Bonchev–Trinajstić information content (AvgIpc) is 3.26. The van der Waals surface area contributed by atoms with Gasteiger partial charge in [0.15, 0.2) is 0 Å². The van der Waals surface area contributed by atoms with Gasteiger partial charge in [0.2, 0.25) is 0 Å². The maximum absolute atomic E-state index is 11.1. The molecule has 0 saturated carbocycles. The standard InChI is InChI=1S/C54H56N3O.Pt/c1-9-54(8,10-2)44-34-49(56-50(35-44)48-21-14-15-24-51(48)58)43-31-42(41-28-26-40(27-29-41)38(7)39-19-12-11-13-20-39)32-45(33-43)57(52-25-16-17-30-55-52)53-46(36(3)4)22-18-23-47(53)37(5)6;/h11-32,34-38,58H,9-10H2,1-8H3;/q-1;. The summed E-state index contributed by atoms with van der Waals surface area (Å²) in [4.78, 5) is 12.6. The fourth-order valence-corrected chi connectivity index (χ4v) is 8.00. The van der Waals surface area contributed by atoms with E-state index in [2.05, 4.69) is 176 Å². The second-order valence-corrected chi connectivity index (χ2v) is 16.5. The second kappa shape index (κ2) is 18.7. The summed E-state index contributed by atoms with van der Waals surface area (Å²) in [5, 5.41) is 11.1. The minimum absolute atomic E-state index is 0. The molecule has 2 aromatic heterocycles. The van der Waals surface area contributed by atoms with Crippen LogP contribution in [-0.2, 0) is 26.5 Å². The number of nitrogens with zero attached hydrogens (tertiary/aromatic N) is 3. The molecule has 1 atom stereocenters. The summed E-state index contributed by atoms with van der Waals surface area (Å²) in [6.45, 7) is 18.1. The molecule has 7 aromatic rings. The molecule has 0 saturated heterocycles. The van der Waals surface area contributed by atoms with Crippen molar-refractivity contribution in [2.45, 2.75) is 91.4 Å². The van der Waals surface area contributed by atoms with Crippen LogP contribution >= 0.6 is 0 Å². The van der Waals surface area contributed by atoms with Crippen LogP contribution in [0.2, 0.25) is 0 Å². The van der Waals surface area contributed by atoms with Crippen LogP contribution in [0.1, 0.15) is 114 Å². The van der Waals surface area contributed by atoms with Crippen molar-refractivity contribution in [1.82, 2.24) is 9.97 Å². The normalized spacial score (nSPS) is 12.0. The Bertz CT molecular complexity index is 2450. The van der Waals surface area contributed by atoms with Gasteiger partial charge < -0.3 is 10.0 Å². The van der Waals surface area contributed by atoms with E-state index >= 15 is 0 Å². The SMILES string of the molecule is CCC(C)(CC)c1cc(-c2[c-]c(N(c3ccccn3)c3c(C(C)C)cccc3C(C)C)cc(-c3ccc(C(C)c4ccccc4)cc3)c2)nc(-c2ccccc2O)c1.[Pt]. The Labute approximate surface area is 366 Å². The molecule has 2 heterocycles. The number of phenolic OH excluding ortho intramolecular Hbond substituents is 1. The van der Waals surface area contributed by atoms with Gasteiger partial charge in [-0.25, -0.2) is 4.98 Å². The molecule has 1 unspecified atom stereocenters. The van der Waals surface area contributed by atoms with E-state index in [1.54, 1.807) is 6.07 Å². The number of pyridine rings is 2. The van der Waals surface area contributed by atoms with Crippen molar-refractivity contribution in [3.8, 4) is 39.4 Å². The van der Waals surface area contributed by atoms with Gasteiger partial charge in [-0.3, -0.25) is 4.98 Å². The molecule has 59 heavy (non-hydrogen) atoms. The third kappa shape index (κ3) is 9.14. The first-order chi connectivity index (χ1) is 28.0. The molecule has 0 radical (unpaired) electrons. The predicted octanol–water partition coefficient (Wildman–Crippen LogP) is 14.9. The molecular formula is C54H56N3OPt-. The Kier molecular flexibility index (Phi) is 13.7. The molecule has 1 N–H and O–H groups in total. The van der Waals surface area contributed by atoms with E-state index in [0.717, 1.165) is 58.1 Å². The van der Waals surface area contributed by atoms with Crippen molar-refractivity contribution in [2.24, 2.45) is 0 Å². The van der Waals surface area contributed by atoms with Crippen LogP contribution in [-0.4, -0.2) is 15.1 Å². The monoisotopic (exact) mass is 957 g/mol. The van der Waals surface area contributed by atoms with Crippen molar-refractivity contribution in [2.75, 3.05) is 4.90 Å². The molecule has 0 aliphatic carbocycles. The van der Waals surface area contributed by atoms with Gasteiger partial charge in [0.05, 0.1) is 11.4 Å². The molecule has 5 aromatic carbocycles. The van der Waals surface area contributed by atoms with E-state index in [1.807, 2.05) is 30.5 Å². The van der Waals surface area contributed by atoms with Crippen molar-refractivity contribution in [3.05, 3.63) is 180 Å². The molecule has 0 aliphatic rings. The van der Waals surface area contributed by atoms with Crippen LogP contribution in [0.25, 0.3) is 33.6 Å². The van der Waals surface area contributed by atoms with Gasteiger partial charge in [-0.15, -0.1) is 23.8 Å². The predicted molar refractivity (Wildman–Crippen MR) is 244 cm³/mol. The maximum Gasteiger partial charge on any atom is 0.136 e. The van der Waals surface area contributed by atoms with Crippen molar-refractivity contribution < 1.29 is 26.2 Å². The summed E-state index contributed by atoms with van der Waals surface area (Å²) in [6.07, 6.45) is 3.80. The zero-order valence-corrected chi connectivity index (χ0v) is 37.9. The Hall–Kier alpha value is -5.31. The topological polar surface area (TPSA) is 49.2 Å². The molecule has 0 amide bonds. The number of rotatable bonds is 13. The van der Waals surface area contributed by atoms with E-state index in [4.69, 9.17) is 9.97 Å². The van der Waals surface area contributed by atoms with Crippen LogP contribution in [0.15, 0.2) is 146 Å². The Morgan fingerprint density at radius 3 is 1.86 bits per heavy atom. The number of aromatic hydroxyl groups is 1. The van der Waals surface area contributed by atoms with Crippen LogP contribution in [0, 0.1) is 6.07 Å². The van der Waals surface area contributed by atoms with Crippen molar-refractivity contribution in [3.63, 3.8) is 0 Å². The minimum Gasteiger partial charge on any atom is -0.507 e. The van der Waals surface area contributed by atoms with Gasteiger partial charge in [-0.05, 0) is 105 Å². The molecule has 0 bridgehead atoms. The fraction of sp³-hybridized carbons (Fsp3) is 0.259. The number of hydrogen-bond acceptors (Lipinski definition) is 4. The van der Waals surface area contributed by atoms with E-state index in [9.17, 15) is 5.11 Å². The van der Waals surface area contributed by atoms with E-state index in [-0.39, 0.29) is 50.0 Å². The van der Waals surface area contributed by atoms with E-state index in [1.165, 1.54) is 27.8 Å². The summed E-state index contributed by atoms with van der Waals surface area (Å²) >= 11 is 0. The first kappa shape index (κ1) is 43.3. The summed E-state index contributed by atoms with van der Waals surface area (Å²) in [5.74, 6) is 1.83. The number of benzene rings is 5. The summed E-state index contributed by atoms with van der Waals surface area (Å²) in [7, 11) is 0. The van der Waals surface area contributed by atoms with E-state index < -0.39 is 0 Å². The number of aromatic nitrogens is 2. The van der Waals surface area contributed by atoms with Crippen LogP contribution in [0.3, 0.4) is 0 Å². The minimum atomic E-state index is -0.0923. The number of para-hydroxylation sites is 2. The first-order valence-electron chi connectivity index (χ1n) is 20.9. The largest absolute Gasteiger partial charge is 0.507 e. The van der Waals surface area contributed by atoms with Crippen molar-refractivity contribution in [1.29, 1.82) is 0 Å². The van der Waals surface area contributed by atoms with Crippen LogP contribution in [0.5, 0.6) is 5.75 Å². The number of anilines is 3. The molecule has 0 spiro atoms. The third-order valence-corrected chi connectivity index (χ3v) is 12.1. The number of hydrogen-bond donors (Lipinski definition) is 1. The Morgan fingerprint density at radius 2 is 1.25 bits per heavy atom. The Morgan fingerprint density at radius 1 is 0.644 bits per heavy atom. The van der Waals surface area contributed by atoms with Gasteiger partial charge in [0.1, 0.15) is 11.6 Å². The van der Waals surface area contributed by atoms with Gasteiger partial charge in [-0.2, -0.15) is 0 Å². The maximum atomic E-state index is 11.1. The molecule has 5 heteroatoms. The van der Waals surface area contributed by atoms with Gasteiger partial charge in [0.25, 0.3) is 0 Å². The van der Waals surface area contributed by atoms with Crippen molar-refractivity contribution >= 4 is 17.2 Å². The number of phenols is 1. The third-order valence-electron chi connectivity index (χ3n) is 12.1. The molecule has 4 nitrogen and oxygen atoms in total. The van der Waals surface area contributed by atoms with E-state index in [0.29, 0.717) is 5.56 Å².